The lowest BCUT2D eigenvalue weighted by Gasteiger charge is -2.00. The Balaban J connectivity index is 3.23. The molecular weight excluding hydrogens is 171 g/mol. The average Bonchev–Trinajstić information content (AvgIpc) is 2.16. The summed E-state index contributed by atoms with van der Waals surface area (Å²) in [7, 11) is 1.37. The van der Waals surface area contributed by atoms with Crippen molar-refractivity contribution in [3.63, 3.8) is 0 Å². The summed E-state index contributed by atoms with van der Waals surface area (Å²) in [6.45, 7) is 6.74. The minimum absolute atomic E-state index is 0.0794. The molecule has 0 aliphatic heterocycles. The summed E-state index contributed by atoms with van der Waals surface area (Å²) in [5, 5.41) is 10.3. The van der Waals surface area contributed by atoms with Crippen molar-refractivity contribution in [1.29, 1.82) is 0 Å². The summed E-state index contributed by atoms with van der Waals surface area (Å²) < 4.78 is 4.81. The first-order valence-electron chi connectivity index (χ1n) is 3.39. The molecule has 5 nitrogen and oxygen atoms in total. The smallest absolute Gasteiger partial charge is 0.270 e. The fraction of sp³-hybridized carbons (Fsp3) is 0.125. The third kappa shape index (κ3) is 1.73. The molecule has 0 amide bonds. The molecule has 0 heterocycles. The lowest BCUT2D eigenvalue weighted by molar-refractivity contribution is -0.384. The van der Waals surface area contributed by atoms with Crippen LogP contribution in [0.5, 0.6) is 5.75 Å². The second kappa shape index (κ2) is 3.54. The number of nitro benzene ring substituents is 1. The van der Waals surface area contributed by atoms with Crippen molar-refractivity contribution in [2.45, 2.75) is 0 Å². The maximum Gasteiger partial charge on any atom is 0.270 e. The Kier molecular flexibility index (Phi) is 2.45. The zero-order chi connectivity index (χ0) is 9.84. The lowest BCUT2D eigenvalue weighted by atomic mass is 10.2. The predicted octanol–water partition coefficient (Wildman–Crippen LogP) is 2.15. The predicted molar refractivity (Wildman–Crippen MR) is 45.9 cm³/mol. The van der Waals surface area contributed by atoms with Crippen LogP contribution >= 0.6 is 0 Å². The molecule has 5 heteroatoms. The van der Waals surface area contributed by atoms with Crippen LogP contribution in [0.4, 0.5) is 11.4 Å². The Hall–Kier alpha value is -2.09. The number of hydrogen-bond donors (Lipinski definition) is 0. The van der Waals surface area contributed by atoms with Crippen LogP contribution in [-0.4, -0.2) is 12.0 Å². The van der Waals surface area contributed by atoms with E-state index < -0.39 is 4.92 Å². The zero-order valence-electron chi connectivity index (χ0n) is 6.85. The number of hydrogen-bond acceptors (Lipinski definition) is 3. The highest BCUT2D eigenvalue weighted by molar-refractivity contribution is 5.61. The van der Waals surface area contributed by atoms with Crippen LogP contribution in [0.1, 0.15) is 0 Å². The van der Waals surface area contributed by atoms with Crippen molar-refractivity contribution in [3.05, 3.63) is 39.7 Å². The van der Waals surface area contributed by atoms with Crippen molar-refractivity contribution >= 4 is 11.4 Å². The molecule has 0 N–H and O–H groups in total. The van der Waals surface area contributed by atoms with Crippen molar-refractivity contribution in [2.75, 3.05) is 7.11 Å². The number of ether oxygens (including phenoxy) is 1. The molecule has 0 saturated carbocycles. The van der Waals surface area contributed by atoms with Gasteiger partial charge < -0.3 is 4.74 Å². The Morgan fingerprint density at radius 3 is 2.77 bits per heavy atom. The molecule has 0 aliphatic carbocycles. The van der Waals surface area contributed by atoms with Gasteiger partial charge in [-0.05, 0) is 6.07 Å². The third-order valence-corrected chi connectivity index (χ3v) is 1.49. The molecule has 0 aliphatic rings. The minimum Gasteiger partial charge on any atom is -0.508 e. The highest BCUT2D eigenvalue weighted by atomic mass is 16.6. The van der Waals surface area contributed by atoms with Gasteiger partial charge in [0, 0.05) is 12.1 Å². The molecule has 0 spiro atoms. The average molecular weight is 177 g/mol. The molecule has 0 bridgehead atoms. The van der Waals surface area contributed by atoms with Crippen LogP contribution in [0.25, 0.3) is 4.85 Å². The number of nitro groups is 1. The normalized spacial score (nSPS) is 8.92. The summed E-state index contributed by atoms with van der Waals surface area (Å²) in [6.07, 6.45) is 0. The fourth-order valence-corrected chi connectivity index (χ4v) is 0.872. The van der Waals surface area contributed by atoms with Crippen molar-refractivity contribution in [3.8, 4) is 5.75 Å². The molecule has 1 rings (SSSR count). The van der Waals surface area contributed by atoms with E-state index >= 15 is 0 Å². The Bertz CT molecular complexity index is 381. The van der Waals surface area contributed by atoms with Crippen LogP contribution in [-0.2, 0) is 0 Å². The first-order valence-corrected chi connectivity index (χ1v) is 3.39. The topological polar surface area (TPSA) is 56.7 Å². The summed E-state index contributed by atoms with van der Waals surface area (Å²) in [5.74, 6) is 0.226. The molecule has 1 aromatic rings. The van der Waals surface area contributed by atoms with Crippen LogP contribution in [0.2, 0.25) is 0 Å². The van der Waals surface area contributed by atoms with E-state index in [2.05, 4.69) is 4.85 Å². The molecule has 0 aromatic heterocycles. The van der Waals surface area contributed by atoms with E-state index in [1.807, 2.05) is 0 Å². The highest BCUT2D eigenvalue weighted by Gasteiger charge is 2.10. The van der Waals surface area contributed by atoms with Crippen molar-refractivity contribution < 1.29 is 9.66 Å². The quantitative estimate of drug-likeness (QED) is 0.395. The van der Waals surface area contributed by atoms with Crippen LogP contribution in [0, 0.1) is 16.7 Å². The second-order valence-corrected chi connectivity index (χ2v) is 2.23. The Morgan fingerprint density at radius 2 is 2.31 bits per heavy atom. The molecule has 0 fully saturated rings. The van der Waals surface area contributed by atoms with Gasteiger partial charge in [-0.1, -0.05) is 0 Å². The molecule has 13 heavy (non-hydrogen) atoms. The number of nitrogens with zero attached hydrogens (tertiary/aromatic N) is 2. The number of rotatable bonds is 2. The SMILES string of the molecule is COc1cc([N+](=O)[O-])ccc1[N+]#[11C-]. The van der Waals surface area contributed by atoms with Gasteiger partial charge in [0.2, 0.25) is 5.69 Å². The maximum atomic E-state index is 10.3. The largest absolute Gasteiger partial charge is 0.508 e. The van der Waals surface area contributed by atoms with Gasteiger partial charge in [0.1, 0.15) is 5.75 Å². The number of non-ortho nitro benzene ring substituents is 1. The van der Waals surface area contributed by atoms with Crippen LogP contribution in [0.3, 0.4) is 0 Å². The van der Waals surface area contributed by atoms with E-state index in [1.54, 1.807) is 0 Å². The lowest BCUT2D eigenvalue weighted by Crippen LogP contribution is -1.89. The van der Waals surface area contributed by atoms with E-state index in [-0.39, 0.29) is 17.1 Å². The summed E-state index contributed by atoms with van der Waals surface area (Å²) in [6, 6.07) is 3.87. The molecule has 0 radical (unpaired) electrons. The van der Waals surface area contributed by atoms with E-state index in [0.29, 0.717) is 0 Å². The first kappa shape index (κ1) is 9.00. The Morgan fingerprint density at radius 1 is 1.62 bits per heavy atom. The van der Waals surface area contributed by atoms with Gasteiger partial charge in [0.15, 0.2) is 0 Å². The summed E-state index contributed by atoms with van der Waals surface area (Å²) in [5.41, 5.74) is 0.192. The molecule has 1 aromatic carbocycles. The summed E-state index contributed by atoms with van der Waals surface area (Å²) in [4.78, 5) is 13.0. The summed E-state index contributed by atoms with van der Waals surface area (Å²) >= 11 is 0. The monoisotopic (exact) mass is 177 g/mol. The molecule has 66 valence electrons. The van der Waals surface area contributed by atoms with Gasteiger partial charge in [0.05, 0.1) is 18.6 Å². The van der Waals surface area contributed by atoms with Gasteiger partial charge in [0.25, 0.3) is 5.69 Å². The van der Waals surface area contributed by atoms with Gasteiger partial charge in [-0.2, -0.15) is 0 Å². The first-order chi connectivity index (χ1) is 6.19. The third-order valence-electron chi connectivity index (χ3n) is 1.49. The van der Waals surface area contributed by atoms with E-state index in [4.69, 9.17) is 11.3 Å². The van der Waals surface area contributed by atoms with Gasteiger partial charge in [-0.15, -0.1) is 0 Å². The van der Waals surface area contributed by atoms with E-state index in [9.17, 15) is 10.1 Å². The molecule has 0 atom stereocenters. The van der Waals surface area contributed by atoms with Crippen molar-refractivity contribution in [2.24, 2.45) is 0 Å². The highest BCUT2D eigenvalue weighted by Crippen LogP contribution is 2.30. The number of methoxy groups -OCH3 is 1. The Labute approximate surface area is 74.5 Å². The van der Waals surface area contributed by atoms with E-state index in [0.717, 1.165) is 0 Å². The fourth-order valence-electron chi connectivity index (χ4n) is 0.872. The minimum atomic E-state index is -0.532. The van der Waals surface area contributed by atoms with Crippen LogP contribution in [0.15, 0.2) is 18.2 Å². The zero-order valence-corrected chi connectivity index (χ0v) is 6.85. The maximum absolute atomic E-state index is 10.3. The standard InChI is InChI=1S/C8H6N2O3/c1-9-7-4-3-6(10(11)12)5-8(7)13-2/h3-5H,2H3/i1-1. The van der Waals surface area contributed by atoms with Gasteiger partial charge in [-0.25, -0.2) is 4.85 Å². The van der Waals surface area contributed by atoms with Gasteiger partial charge in [-0.3, -0.25) is 10.1 Å². The van der Waals surface area contributed by atoms with E-state index in [1.165, 1.54) is 25.3 Å². The molecule has 0 saturated heterocycles. The second-order valence-electron chi connectivity index (χ2n) is 2.23. The molecular formula is C8H6N2O3. The number of benzene rings is 1. The van der Waals surface area contributed by atoms with Crippen LogP contribution < -0.4 is 4.74 Å². The molecule has 0 unspecified atom stereocenters. The van der Waals surface area contributed by atoms with Gasteiger partial charge >= 0.3 is 0 Å². The van der Waals surface area contributed by atoms with Crippen molar-refractivity contribution in [1.82, 2.24) is 0 Å².